The van der Waals surface area contributed by atoms with Crippen molar-refractivity contribution in [3.8, 4) is 0 Å². The Morgan fingerprint density at radius 1 is 1.50 bits per heavy atom. The van der Waals surface area contributed by atoms with E-state index in [-0.39, 0.29) is 23.5 Å². The highest BCUT2D eigenvalue weighted by molar-refractivity contribution is 7.11. The molecular weight excluding hydrogens is 326 g/mol. The Kier molecular flexibility index (Phi) is 5.24. The summed E-state index contributed by atoms with van der Waals surface area (Å²) in [6.07, 6.45) is 2.16. The van der Waals surface area contributed by atoms with Crippen molar-refractivity contribution in [1.82, 2.24) is 14.8 Å². The van der Waals surface area contributed by atoms with Crippen molar-refractivity contribution in [3.63, 3.8) is 0 Å². The van der Waals surface area contributed by atoms with Crippen molar-refractivity contribution < 1.29 is 14.6 Å². The summed E-state index contributed by atoms with van der Waals surface area (Å²) < 4.78 is 6.03. The van der Waals surface area contributed by atoms with Crippen LogP contribution < -0.4 is 0 Å². The Morgan fingerprint density at radius 3 is 2.75 bits per heavy atom. The van der Waals surface area contributed by atoms with Crippen molar-refractivity contribution in [2.75, 3.05) is 40.3 Å². The van der Waals surface area contributed by atoms with Gasteiger partial charge in [0.2, 0.25) is 0 Å². The average molecular weight is 353 g/mol. The molecule has 24 heavy (non-hydrogen) atoms. The zero-order valence-corrected chi connectivity index (χ0v) is 15.5. The molecule has 1 aromatic rings. The van der Waals surface area contributed by atoms with Crippen LogP contribution in [0.3, 0.4) is 0 Å². The number of rotatable bonds is 5. The van der Waals surface area contributed by atoms with Crippen molar-refractivity contribution in [1.29, 1.82) is 0 Å². The fourth-order valence-electron chi connectivity index (χ4n) is 3.77. The maximum Gasteiger partial charge on any atom is 0.265 e. The van der Waals surface area contributed by atoms with Crippen LogP contribution in [0.4, 0.5) is 0 Å². The third-order valence-electron chi connectivity index (χ3n) is 5.52. The lowest BCUT2D eigenvalue weighted by molar-refractivity contribution is -0.209. The van der Waals surface area contributed by atoms with E-state index < -0.39 is 0 Å². The molecule has 134 valence electrons. The standard InChI is InChI=1S/C17H27N3O3S/c1-12-15(24-11-18-12)16(22)20-6-4-17(5-7-20)13(21)10-14(17)23-9-8-19(2)3/h11,13-14,21H,4-10H2,1-3H3/t13-,14+/m0/s1. The molecule has 1 spiro atoms. The van der Waals surface area contributed by atoms with Crippen LogP contribution in [0.25, 0.3) is 0 Å². The number of likely N-dealkylation sites (tertiary alicyclic amines) is 1. The largest absolute Gasteiger partial charge is 0.392 e. The third-order valence-corrected chi connectivity index (χ3v) is 6.44. The number of aliphatic hydroxyl groups excluding tert-OH is 1. The van der Waals surface area contributed by atoms with Gasteiger partial charge in [0.25, 0.3) is 5.91 Å². The number of nitrogens with zero attached hydrogens (tertiary/aromatic N) is 3. The Bertz CT molecular complexity index is 581. The molecule has 1 saturated carbocycles. The molecule has 1 aliphatic heterocycles. The van der Waals surface area contributed by atoms with Gasteiger partial charge >= 0.3 is 0 Å². The molecule has 1 aromatic heterocycles. The first-order valence-electron chi connectivity index (χ1n) is 8.58. The lowest BCUT2D eigenvalue weighted by atomic mass is 9.58. The minimum Gasteiger partial charge on any atom is -0.392 e. The van der Waals surface area contributed by atoms with Crippen LogP contribution in [-0.4, -0.2) is 78.3 Å². The average Bonchev–Trinajstić information content (AvgIpc) is 2.99. The van der Waals surface area contributed by atoms with Crippen molar-refractivity contribution in [3.05, 3.63) is 16.1 Å². The summed E-state index contributed by atoms with van der Waals surface area (Å²) in [6, 6.07) is 0. The third kappa shape index (κ3) is 3.22. The molecule has 3 rings (SSSR count). The van der Waals surface area contributed by atoms with Gasteiger partial charge in [-0.2, -0.15) is 0 Å². The first-order valence-corrected chi connectivity index (χ1v) is 9.46. The van der Waals surface area contributed by atoms with Crippen LogP contribution in [0.1, 0.15) is 34.6 Å². The number of amides is 1. The van der Waals surface area contributed by atoms with Gasteiger partial charge in [-0.3, -0.25) is 4.79 Å². The lowest BCUT2D eigenvalue weighted by Crippen LogP contribution is -2.63. The lowest BCUT2D eigenvalue weighted by Gasteiger charge is -2.56. The van der Waals surface area contributed by atoms with Gasteiger partial charge in [0, 0.05) is 31.5 Å². The molecular formula is C17H27N3O3S. The highest BCUT2D eigenvalue weighted by atomic mass is 32.1. The summed E-state index contributed by atoms with van der Waals surface area (Å²) in [6.45, 7) is 4.81. The molecule has 2 atom stereocenters. The van der Waals surface area contributed by atoms with Gasteiger partial charge in [0.1, 0.15) is 4.88 Å². The van der Waals surface area contributed by atoms with E-state index in [0.29, 0.717) is 19.7 Å². The number of likely N-dealkylation sites (N-methyl/N-ethyl adjacent to an activating group) is 1. The number of piperidine rings is 1. The Hall–Kier alpha value is -1.02. The molecule has 1 aliphatic carbocycles. The second-order valence-electron chi connectivity index (χ2n) is 7.21. The van der Waals surface area contributed by atoms with Gasteiger partial charge in [-0.05, 0) is 33.9 Å². The van der Waals surface area contributed by atoms with E-state index >= 15 is 0 Å². The molecule has 2 fully saturated rings. The van der Waals surface area contributed by atoms with Crippen LogP contribution in [0.5, 0.6) is 0 Å². The number of carbonyl (C=O) groups excluding carboxylic acids is 1. The fourth-order valence-corrected chi connectivity index (χ4v) is 4.54. The monoisotopic (exact) mass is 353 g/mol. The Labute approximate surface area is 147 Å². The minimum absolute atomic E-state index is 0.0729. The van der Waals surface area contributed by atoms with E-state index in [1.165, 1.54) is 11.3 Å². The predicted molar refractivity (Wildman–Crippen MR) is 93.3 cm³/mol. The molecule has 0 aromatic carbocycles. The fraction of sp³-hybridized carbons (Fsp3) is 0.765. The minimum atomic E-state index is -0.302. The van der Waals surface area contributed by atoms with Crippen LogP contribution in [0.15, 0.2) is 5.51 Å². The molecule has 1 amide bonds. The predicted octanol–water partition coefficient (Wildman–Crippen LogP) is 1.39. The summed E-state index contributed by atoms with van der Waals surface area (Å²) in [5.41, 5.74) is 2.36. The van der Waals surface area contributed by atoms with Crippen molar-refractivity contribution in [2.24, 2.45) is 5.41 Å². The Balaban J connectivity index is 1.57. The highest BCUT2D eigenvalue weighted by Gasteiger charge is 2.56. The molecule has 6 nitrogen and oxygen atoms in total. The summed E-state index contributed by atoms with van der Waals surface area (Å²) in [7, 11) is 4.06. The van der Waals surface area contributed by atoms with E-state index in [0.717, 1.165) is 36.4 Å². The number of thiazole rings is 1. The quantitative estimate of drug-likeness (QED) is 0.866. The van der Waals surface area contributed by atoms with Crippen LogP contribution in [-0.2, 0) is 4.74 Å². The van der Waals surface area contributed by atoms with Gasteiger partial charge in [-0.1, -0.05) is 0 Å². The van der Waals surface area contributed by atoms with E-state index in [4.69, 9.17) is 4.74 Å². The number of aliphatic hydroxyl groups is 1. The van der Waals surface area contributed by atoms with Gasteiger partial charge < -0.3 is 19.6 Å². The summed E-state index contributed by atoms with van der Waals surface area (Å²) in [5.74, 6) is 0.0729. The zero-order valence-electron chi connectivity index (χ0n) is 14.7. The van der Waals surface area contributed by atoms with Crippen LogP contribution >= 0.6 is 11.3 Å². The SMILES string of the molecule is Cc1ncsc1C(=O)N1CCC2(CC1)[C@@H](O)C[C@H]2OCCN(C)C. The van der Waals surface area contributed by atoms with E-state index in [1.807, 2.05) is 25.9 Å². The van der Waals surface area contributed by atoms with Gasteiger partial charge in [-0.25, -0.2) is 4.98 Å². The van der Waals surface area contributed by atoms with Gasteiger partial charge in [0.15, 0.2) is 0 Å². The summed E-state index contributed by atoms with van der Waals surface area (Å²) >= 11 is 1.40. The summed E-state index contributed by atoms with van der Waals surface area (Å²) in [4.78, 5) is 21.5. The van der Waals surface area contributed by atoms with E-state index in [9.17, 15) is 9.90 Å². The van der Waals surface area contributed by atoms with Gasteiger partial charge in [0.05, 0.1) is 30.0 Å². The van der Waals surface area contributed by atoms with E-state index in [1.54, 1.807) is 5.51 Å². The molecule has 0 unspecified atom stereocenters. The number of aryl methyl sites for hydroxylation is 1. The number of hydrogen-bond acceptors (Lipinski definition) is 6. The number of carbonyl (C=O) groups is 1. The van der Waals surface area contributed by atoms with E-state index in [2.05, 4.69) is 9.88 Å². The smallest absolute Gasteiger partial charge is 0.265 e. The molecule has 1 N–H and O–H groups in total. The first-order chi connectivity index (χ1) is 11.4. The van der Waals surface area contributed by atoms with Crippen LogP contribution in [0, 0.1) is 12.3 Å². The molecule has 2 heterocycles. The normalized spacial score (nSPS) is 26.0. The van der Waals surface area contributed by atoms with Crippen molar-refractivity contribution in [2.45, 2.75) is 38.4 Å². The molecule has 0 radical (unpaired) electrons. The number of aromatic nitrogens is 1. The topological polar surface area (TPSA) is 65.9 Å². The van der Waals surface area contributed by atoms with Crippen LogP contribution in [0.2, 0.25) is 0 Å². The summed E-state index contributed by atoms with van der Waals surface area (Å²) in [5, 5.41) is 10.4. The maximum atomic E-state index is 12.6. The maximum absolute atomic E-state index is 12.6. The molecule has 1 saturated heterocycles. The number of hydrogen-bond donors (Lipinski definition) is 1. The second-order valence-corrected chi connectivity index (χ2v) is 8.06. The van der Waals surface area contributed by atoms with Gasteiger partial charge in [-0.15, -0.1) is 11.3 Å². The highest BCUT2D eigenvalue weighted by Crippen LogP contribution is 2.51. The zero-order chi connectivity index (χ0) is 17.3. The molecule has 7 heteroatoms. The Morgan fingerprint density at radius 2 is 2.21 bits per heavy atom. The first kappa shape index (κ1) is 17.8. The number of ether oxygens (including phenoxy) is 1. The van der Waals surface area contributed by atoms with Crippen molar-refractivity contribution >= 4 is 17.2 Å². The second kappa shape index (κ2) is 7.07. The molecule has 2 aliphatic rings. The molecule has 0 bridgehead atoms.